The molecule has 0 aliphatic heterocycles. The van der Waals surface area contributed by atoms with Crippen molar-refractivity contribution in [1.82, 2.24) is 9.97 Å². The van der Waals surface area contributed by atoms with Crippen molar-refractivity contribution in [1.29, 1.82) is 0 Å². The number of aliphatic hydroxyl groups is 1. The highest BCUT2D eigenvalue weighted by atomic mass is 16.3. The van der Waals surface area contributed by atoms with Crippen LogP contribution in [-0.4, -0.2) is 34.3 Å². The highest BCUT2D eigenvalue weighted by Crippen LogP contribution is 2.15. The number of aromatic nitrogens is 2. The normalized spacial score (nSPS) is 12.0. The molecule has 0 spiro atoms. The van der Waals surface area contributed by atoms with Gasteiger partial charge < -0.3 is 15.7 Å². The van der Waals surface area contributed by atoms with E-state index in [1.54, 1.807) is 6.20 Å². The van der Waals surface area contributed by atoms with Crippen LogP contribution in [0.15, 0.2) is 36.5 Å². The van der Waals surface area contributed by atoms with E-state index in [2.05, 4.69) is 32.7 Å². The van der Waals surface area contributed by atoms with E-state index in [0.717, 1.165) is 24.3 Å². The first kappa shape index (κ1) is 15.3. The number of aryl methyl sites for hydroxylation is 1. The topological polar surface area (TPSA) is 70.1 Å². The fraction of sp³-hybridized carbons (Fsp3) is 0.375. The summed E-state index contributed by atoms with van der Waals surface area (Å²) in [6, 6.07) is 10.0. The van der Waals surface area contributed by atoms with Gasteiger partial charge in [0.25, 0.3) is 0 Å². The molecule has 2 rings (SSSR count). The van der Waals surface area contributed by atoms with E-state index in [9.17, 15) is 5.11 Å². The van der Waals surface area contributed by atoms with Crippen molar-refractivity contribution in [2.75, 3.05) is 23.8 Å². The van der Waals surface area contributed by atoms with Gasteiger partial charge in [-0.3, -0.25) is 0 Å². The van der Waals surface area contributed by atoms with Crippen LogP contribution in [0.1, 0.15) is 18.1 Å². The van der Waals surface area contributed by atoms with Crippen LogP contribution in [0.3, 0.4) is 0 Å². The molecule has 1 atom stereocenters. The van der Waals surface area contributed by atoms with Crippen LogP contribution in [0.25, 0.3) is 0 Å². The second-order valence-corrected chi connectivity index (χ2v) is 4.97. The maximum Gasteiger partial charge on any atom is 0.224 e. The Kier molecular flexibility index (Phi) is 5.51. The molecule has 0 fully saturated rings. The zero-order valence-corrected chi connectivity index (χ0v) is 12.5. The van der Waals surface area contributed by atoms with E-state index >= 15 is 0 Å². The third-order valence-corrected chi connectivity index (χ3v) is 3.19. The summed E-state index contributed by atoms with van der Waals surface area (Å²) in [4.78, 5) is 8.67. The van der Waals surface area contributed by atoms with Crippen LogP contribution < -0.4 is 10.6 Å². The summed E-state index contributed by atoms with van der Waals surface area (Å²) in [6.07, 6.45) is 2.53. The third-order valence-electron chi connectivity index (χ3n) is 3.19. The van der Waals surface area contributed by atoms with Gasteiger partial charge in [0, 0.05) is 18.3 Å². The van der Waals surface area contributed by atoms with E-state index < -0.39 is 0 Å². The predicted octanol–water partition coefficient (Wildman–Crippen LogP) is 2.23. The minimum Gasteiger partial charge on any atom is -0.394 e. The molecule has 0 aliphatic carbocycles. The number of benzene rings is 1. The largest absolute Gasteiger partial charge is 0.394 e. The summed E-state index contributed by atoms with van der Waals surface area (Å²) in [6.45, 7) is 4.78. The van der Waals surface area contributed by atoms with Gasteiger partial charge in [-0.05, 0) is 25.8 Å². The molecule has 0 radical (unpaired) electrons. The number of rotatable bonds is 7. The van der Waals surface area contributed by atoms with Crippen LogP contribution in [0, 0.1) is 6.92 Å². The van der Waals surface area contributed by atoms with Gasteiger partial charge in [0.05, 0.1) is 12.6 Å². The summed E-state index contributed by atoms with van der Waals surface area (Å²) in [5.41, 5.74) is 2.14. The zero-order chi connectivity index (χ0) is 15.1. The lowest BCUT2D eigenvalue weighted by Gasteiger charge is -2.18. The minimum atomic E-state index is -0.0736. The lowest BCUT2D eigenvalue weighted by molar-refractivity contribution is 0.273. The van der Waals surface area contributed by atoms with Gasteiger partial charge in [0.1, 0.15) is 5.82 Å². The smallest absolute Gasteiger partial charge is 0.224 e. The molecule has 5 heteroatoms. The number of anilines is 2. The standard InChI is InChI=1S/C16H22N4O/c1-3-17-16-18-10-12(2)15(20-16)19-14(11-21)9-13-7-5-4-6-8-13/h4-8,10,14,21H,3,9,11H2,1-2H3,(H2,17,18,19,20). The quantitative estimate of drug-likeness (QED) is 0.728. The monoisotopic (exact) mass is 286 g/mol. The van der Waals surface area contributed by atoms with Crippen LogP contribution in [0.4, 0.5) is 11.8 Å². The average molecular weight is 286 g/mol. The van der Waals surface area contributed by atoms with Gasteiger partial charge in [-0.25, -0.2) is 4.98 Å². The summed E-state index contributed by atoms with van der Waals surface area (Å²) >= 11 is 0. The fourth-order valence-electron chi connectivity index (χ4n) is 2.08. The first-order chi connectivity index (χ1) is 10.2. The highest BCUT2D eigenvalue weighted by Gasteiger charge is 2.11. The van der Waals surface area contributed by atoms with Crippen molar-refractivity contribution in [2.45, 2.75) is 26.3 Å². The molecule has 0 aliphatic rings. The number of aliphatic hydroxyl groups excluding tert-OH is 1. The number of hydrogen-bond acceptors (Lipinski definition) is 5. The second-order valence-electron chi connectivity index (χ2n) is 4.97. The van der Waals surface area contributed by atoms with E-state index in [0.29, 0.717) is 5.95 Å². The Morgan fingerprint density at radius 1 is 1.24 bits per heavy atom. The van der Waals surface area contributed by atoms with Crippen molar-refractivity contribution >= 4 is 11.8 Å². The SMILES string of the molecule is CCNc1ncc(C)c(NC(CO)Cc2ccccc2)n1. The average Bonchev–Trinajstić information content (AvgIpc) is 2.51. The minimum absolute atomic E-state index is 0.0505. The predicted molar refractivity (Wildman–Crippen MR) is 85.6 cm³/mol. The van der Waals surface area contributed by atoms with E-state index in [1.165, 1.54) is 5.56 Å². The Bertz CT molecular complexity index is 559. The Hall–Kier alpha value is -2.14. The first-order valence-electron chi connectivity index (χ1n) is 7.21. The number of hydrogen-bond donors (Lipinski definition) is 3. The van der Waals surface area contributed by atoms with Crippen molar-refractivity contribution in [3.05, 3.63) is 47.7 Å². The Morgan fingerprint density at radius 3 is 2.67 bits per heavy atom. The van der Waals surface area contributed by atoms with Gasteiger partial charge in [0.2, 0.25) is 5.95 Å². The molecule has 1 aromatic heterocycles. The van der Waals surface area contributed by atoms with Crippen LogP contribution in [0.5, 0.6) is 0 Å². The van der Waals surface area contributed by atoms with Crippen LogP contribution in [0.2, 0.25) is 0 Å². The van der Waals surface area contributed by atoms with Gasteiger partial charge in [0.15, 0.2) is 0 Å². The second kappa shape index (κ2) is 7.59. The summed E-state index contributed by atoms with van der Waals surface area (Å²) < 4.78 is 0. The molecule has 0 amide bonds. The van der Waals surface area contributed by atoms with E-state index in [1.807, 2.05) is 32.0 Å². The molecule has 3 N–H and O–H groups in total. The van der Waals surface area contributed by atoms with Crippen molar-refractivity contribution in [2.24, 2.45) is 0 Å². The molecule has 0 saturated heterocycles. The number of nitrogens with one attached hydrogen (secondary N) is 2. The fourth-order valence-corrected chi connectivity index (χ4v) is 2.08. The third kappa shape index (κ3) is 4.43. The molecule has 1 unspecified atom stereocenters. The first-order valence-corrected chi connectivity index (χ1v) is 7.21. The Balaban J connectivity index is 2.09. The lowest BCUT2D eigenvalue weighted by atomic mass is 10.1. The lowest BCUT2D eigenvalue weighted by Crippen LogP contribution is -2.27. The summed E-state index contributed by atoms with van der Waals surface area (Å²) in [5, 5.41) is 16.0. The summed E-state index contributed by atoms with van der Waals surface area (Å²) in [5.74, 6) is 1.36. The maximum absolute atomic E-state index is 9.59. The maximum atomic E-state index is 9.59. The number of nitrogens with zero attached hydrogens (tertiary/aromatic N) is 2. The van der Waals surface area contributed by atoms with Gasteiger partial charge in [-0.1, -0.05) is 30.3 Å². The molecule has 2 aromatic rings. The van der Waals surface area contributed by atoms with Crippen LogP contribution >= 0.6 is 0 Å². The molecular weight excluding hydrogens is 264 g/mol. The highest BCUT2D eigenvalue weighted by molar-refractivity contribution is 5.47. The van der Waals surface area contributed by atoms with E-state index in [-0.39, 0.29) is 12.6 Å². The van der Waals surface area contributed by atoms with Gasteiger partial charge in [-0.2, -0.15) is 4.98 Å². The Morgan fingerprint density at radius 2 is 2.00 bits per heavy atom. The van der Waals surface area contributed by atoms with E-state index in [4.69, 9.17) is 0 Å². The molecule has 21 heavy (non-hydrogen) atoms. The molecule has 0 saturated carbocycles. The molecule has 5 nitrogen and oxygen atoms in total. The van der Waals surface area contributed by atoms with Crippen molar-refractivity contribution < 1.29 is 5.11 Å². The molecule has 112 valence electrons. The molecule has 1 aromatic carbocycles. The summed E-state index contributed by atoms with van der Waals surface area (Å²) in [7, 11) is 0. The van der Waals surface area contributed by atoms with Gasteiger partial charge in [-0.15, -0.1) is 0 Å². The molecule has 1 heterocycles. The van der Waals surface area contributed by atoms with Crippen molar-refractivity contribution in [3.63, 3.8) is 0 Å². The molecule has 0 bridgehead atoms. The van der Waals surface area contributed by atoms with Crippen molar-refractivity contribution in [3.8, 4) is 0 Å². The molecular formula is C16H22N4O. The van der Waals surface area contributed by atoms with Gasteiger partial charge >= 0.3 is 0 Å². The zero-order valence-electron chi connectivity index (χ0n) is 12.5. The Labute approximate surface area is 125 Å². The van der Waals surface area contributed by atoms with Crippen LogP contribution in [-0.2, 0) is 6.42 Å².